The molecule has 1 aliphatic heterocycles. The number of phenols is 2. The third-order valence-electron chi connectivity index (χ3n) is 2.39. The summed E-state index contributed by atoms with van der Waals surface area (Å²) in [7, 11) is 0. The molecule has 0 aliphatic carbocycles. The van der Waals surface area contributed by atoms with Crippen molar-refractivity contribution in [3.63, 3.8) is 0 Å². The van der Waals surface area contributed by atoms with Gasteiger partial charge in [-0.25, -0.2) is 4.79 Å². The number of cyclic esters (lactones) is 1. The van der Waals surface area contributed by atoms with E-state index in [1.807, 2.05) is 0 Å². The fourth-order valence-electron chi connectivity index (χ4n) is 1.69. The fraction of sp³-hybridized carbons (Fsp3) is 0.182. The minimum absolute atomic E-state index is 0.00381. The molecule has 5 heteroatoms. The Morgan fingerprint density at radius 3 is 2.88 bits per heavy atom. The summed E-state index contributed by atoms with van der Waals surface area (Å²) in [4.78, 5) is 11.3. The number of fused-ring (bicyclic) bond motifs is 1. The number of rotatable bonds is 2. The highest BCUT2D eigenvalue weighted by Gasteiger charge is 2.29. The summed E-state index contributed by atoms with van der Waals surface area (Å²) in [6, 6.07) is 1.35. The lowest BCUT2D eigenvalue weighted by Crippen LogP contribution is -1.96. The Morgan fingerprint density at radius 2 is 2.25 bits per heavy atom. The maximum atomic E-state index is 11.3. The molecule has 0 amide bonds. The van der Waals surface area contributed by atoms with Crippen LogP contribution in [-0.4, -0.2) is 16.2 Å². The molecule has 2 rings (SSSR count). The molecule has 0 bridgehead atoms. The lowest BCUT2D eigenvalue weighted by atomic mass is 10.0. The average Bonchev–Trinajstić information content (AvgIpc) is 2.56. The average molecular weight is 285 g/mol. The minimum atomic E-state index is -0.605. The molecule has 0 saturated heterocycles. The number of halogens is 1. The van der Waals surface area contributed by atoms with Gasteiger partial charge in [0.2, 0.25) is 0 Å². The van der Waals surface area contributed by atoms with E-state index in [9.17, 15) is 15.0 Å². The molecule has 1 aromatic rings. The molecule has 4 nitrogen and oxygen atoms in total. The van der Waals surface area contributed by atoms with Gasteiger partial charge >= 0.3 is 5.97 Å². The van der Waals surface area contributed by atoms with Gasteiger partial charge in [-0.3, -0.25) is 0 Å². The number of esters is 1. The van der Waals surface area contributed by atoms with E-state index in [-0.39, 0.29) is 23.7 Å². The Morgan fingerprint density at radius 1 is 1.56 bits per heavy atom. The highest BCUT2D eigenvalue weighted by Crippen LogP contribution is 2.38. The highest BCUT2D eigenvalue weighted by atomic mass is 79.9. The summed E-state index contributed by atoms with van der Waals surface area (Å²) < 4.78 is 5.43. The quantitative estimate of drug-likeness (QED) is 0.646. The largest absolute Gasteiger partial charge is 0.507 e. The molecule has 16 heavy (non-hydrogen) atoms. The molecule has 0 aromatic heterocycles. The van der Waals surface area contributed by atoms with E-state index in [2.05, 4.69) is 22.5 Å². The number of carbonyl (C=O) groups is 1. The Labute approximate surface area is 100 Å². The van der Waals surface area contributed by atoms with Gasteiger partial charge in [0.15, 0.2) is 0 Å². The first-order valence-corrected chi connectivity index (χ1v) is 5.37. The molecule has 1 aliphatic rings. The van der Waals surface area contributed by atoms with Crippen molar-refractivity contribution in [2.45, 2.75) is 13.0 Å². The maximum absolute atomic E-state index is 11.3. The molecule has 0 atom stereocenters. The van der Waals surface area contributed by atoms with Crippen molar-refractivity contribution < 1.29 is 19.7 Å². The van der Waals surface area contributed by atoms with Crippen molar-refractivity contribution in [1.29, 1.82) is 0 Å². The molecular formula is C11H9BrO4. The number of phenolic OH excluding ortho intramolecular Hbond substituents is 2. The molecule has 0 fully saturated rings. The van der Waals surface area contributed by atoms with E-state index in [1.54, 1.807) is 0 Å². The van der Waals surface area contributed by atoms with Gasteiger partial charge in [0.1, 0.15) is 23.7 Å². The number of carbonyl (C=O) groups excluding carboxylic acids is 1. The van der Waals surface area contributed by atoms with Gasteiger partial charge in [0, 0.05) is 17.5 Å². The molecule has 1 heterocycles. The topological polar surface area (TPSA) is 66.8 Å². The monoisotopic (exact) mass is 284 g/mol. The zero-order chi connectivity index (χ0) is 11.9. The van der Waals surface area contributed by atoms with Crippen LogP contribution in [-0.2, 0) is 17.8 Å². The Hall–Kier alpha value is -1.49. The van der Waals surface area contributed by atoms with Crippen LogP contribution in [0.1, 0.15) is 21.5 Å². The van der Waals surface area contributed by atoms with Crippen molar-refractivity contribution in [3.8, 4) is 11.5 Å². The van der Waals surface area contributed by atoms with Gasteiger partial charge in [-0.05, 0) is 10.5 Å². The van der Waals surface area contributed by atoms with Crippen molar-refractivity contribution in [1.82, 2.24) is 0 Å². The number of hydrogen-bond donors (Lipinski definition) is 2. The number of hydrogen-bond acceptors (Lipinski definition) is 4. The summed E-state index contributed by atoms with van der Waals surface area (Å²) in [6.07, 6.45) is 0.376. The van der Waals surface area contributed by atoms with E-state index >= 15 is 0 Å². The summed E-state index contributed by atoms with van der Waals surface area (Å²) >= 11 is 3.18. The van der Waals surface area contributed by atoms with Crippen LogP contribution in [0.25, 0.3) is 0 Å². The minimum Gasteiger partial charge on any atom is -0.507 e. The first-order valence-electron chi connectivity index (χ1n) is 4.57. The summed E-state index contributed by atoms with van der Waals surface area (Å²) in [6.45, 7) is 3.65. The zero-order valence-corrected chi connectivity index (χ0v) is 9.87. The van der Waals surface area contributed by atoms with Crippen LogP contribution in [0.15, 0.2) is 17.1 Å². The van der Waals surface area contributed by atoms with Gasteiger partial charge < -0.3 is 14.9 Å². The van der Waals surface area contributed by atoms with Gasteiger partial charge in [-0.1, -0.05) is 22.5 Å². The molecule has 84 valence electrons. The summed E-state index contributed by atoms with van der Waals surface area (Å²) in [5.41, 5.74) is 0.909. The normalized spacial score (nSPS) is 13.4. The van der Waals surface area contributed by atoms with Gasteiger partial charge in [-0.15, -0.1) is 0 Å². The Bertz CT molecular complexity index is 493. The second kappa shape index (κ2) is 3.83. The van der Waals surface area contributed by atoms with Gasteiger partial charge in [-0.2, -0.15) is 0 Å². The SMILES string of the molecule is C=C(Br)Cc1cc(O)c2c(c1O)COC2=O. The van der Waals surface area contributed by atoms with Crippen LogP contribution in [0.2, 0.25) is 0 Å². The van der Waals surface area contributed by atoms with Crippen molar-refractivity contribution >= 4 is 21.9 Å². The maximum Gasteiger partial charge on any atom is 0.342 e. The molecule has 0 radical (unpaired) electrons. The first-order chi connectivity index (χ1) is 7.50. The predicted octanol–water partition coefficient (Wildman–Crippen LogP) is 2.22. The second-order valence-corrected chi connectivity index (χ2v) is 4.65. The highest BCUT2D eigenvalue weighted by molar-refractivity contribution is 9.11. The van der Waals surface area contributed by atoms with E-state index in [4.69, 9.17) is 4.74 Å². The third kappa shape index (κ3) is 1.67. The molecule has 0 spiro atoms. The zero-order valence-electron chi connectivity index (χ0n) is 8.29. The van der Waals surface area contributed by atoms with Crippen molar-refractivity contribution in [2.24, 2.45) is 0 Å². The van der Waals surface area contributed by atoms with Gasteiger partial charge in [0.25, 0.3) is 0 Å². The van der Waals surface area contributed by atoms with Crippen LogP contribution < -0.4 is 0 Å². The van der Waals surface area contributed by atoms with Crippen LogP contribution >= 0.6 is 15.9 Å². The molecule has 2 N–H and O–H groups in total. The molecular weight excluding hydrogens is 276 g/mol. The lowest BCUT2D eigenvalue weighted by Gasteiger charge is -2.08. The summed E-state index contributed by atoms with van der Waals surface area (Å²) in [5.74, 6) is -0.787. The van der Waals surface area contributed by atoms with Crippen LogP contribution in [0.3, 0.4) is 0 Å². The summed E-state index contributed by atoms with van der Waals surface area (Å²) in [5, 5.41) is 19.6. The van der Waals surface area contributed by atoms with Gasteiger partial charge in [0.05, 0.1) is 0 Å². The number of ether oxygens (including phenoxy) is 1. The first kappa shape index (κ1) is 11.0. The number of aromatic hydroxyl groups is 2. The standard InChI is InChI=1S/C11H9BrO4/c1-5(12)2-6-3-8(13)9-7(10(6)14)4-16-11(9)15/h3,13-14H,1-2,4H2. The van der Waals surface area contributed by atoms with Crippen molar-refractivity contribution in [2.75, 3.05) is 0 Å². The lowest BCUT2D eigenvalue weighted by molar-refractivity contribution is 0.0532. The molecule has 0 unspecified atom stereocenters. The Balaban J connectivity index is 2.57. The fourth-order valence-corrected chi connectivity index (χ4v) is 1.99. The van der Waals surface area contributed by atoms with Crippen LogP contribution in [0.4, 0.5) is 0 Å². The Kier molecular flexibility index (Phi) is 2.63. The predicted molar refractivity (Wildman–Crippen MR) is 60.7 cm³/mol. The van der Waals surface area contributed by atoms with Crippen LogP contribution in [0.5, 0.6) is 11.5 Å². The second-order valence-electron chi connectivity index (χ2n) is 3.53. The van der Waals surface area contributed by atoms with E-state index in [0.717, 1.165) is 0 Å². The van der Waals surface area contributed by atoms with Crippen molar-refractivity contribution in [3.05, 3.63) is 33.8 Å². The third-order valence-corrected chi connectivity index (χ3v) is 2.67. The van der Waals surface area contributed by atoms with E-state index in [0.29, 0.717) is 22.0 Å². The van der Waals surface area contributed by atoms with E-state index < -0.39 is 5.97 Å². The van der Waals surface area contributed by atoms with E-state index in [1.165, 1.54) is 6.07 Å². The molecule has 1 aromatic carbocycles. The number of benzene rings is 1. The molecule has 0 saturated carbocycles. The smallest absolute Gasteiger partial charge is 0.342 e. The number of allylic oxidation sites excluding steroid dienone is 1. The van der Waals surface area contributed by atoms with Crippen LogP contribution in [0, 0.1) is 0 Å².